The first-order chi connectivity index (χ1) is 6.59. The molecule has 0 bridgehead atoms. The molecule has 0 heterocycles. The third kappa shape index (κ3) is 3.64. The van der Waals surface area contributed by atoms with Crippen LogP contribution in [0.5, 0.6) is 0 Å². The van der Waals surface area contributed by atoms with Crippen molar-refractivity contribution >= 4 is 28.1 Å². The Bertz CT molecular complexity index is 346. The quantitative estimate of drug-likeness (QED) is 0.868. The highest BCUT2D eigenvalue weighted by Gasteiger charge is 2.00. The van der Waals surface area contributed by atoms with E-state index in [1.54, 1.807) is 12.3 Å². The zero-order valence-corrected chi connectivity index (χ0v) is 9.29. The van der Waals surface area contributed by atoms with E-state index in [2.05, 4.69) is 5.32 Å². The minimum absolute atomic E-state index is 0.0904. The summed E-state index contributed by atoms with van der Waals surface area (Å²) in [6, 6.07) is 4.41. The lowest BCUT2D eigenvalue weighted by atomic mass is 10.3. The van der Waals surface area contributed by atoms with Crippen molar-refractivity contribution in [3.05, 3.63) is 29.0 Å². The summed E-state index contributed by atoms with van der Waals surface area (Å²) in [4.78, 5) is 0. The average Bonchev–Trinajstić information content (AvgIpc) is 2.10. The molecule has 0 saturated carbocycles. The van der Waals surface area contributed by atoms with Crippen LogP contribution in [0.1, 0.15) is 0 Å². The highest BCUT2D eigenvalue weighted by molar-refractivity contribution is 7.84. The maximum absolute atomic E-state index is 12.7. The van der Waals surface area contributed by atoms with Crippen LogP contribution >= 0.6 is 11.6 Å². The lowest BCUT2D eigenvalue weighted by molar-refractivity contribution is 0.628. The van der Waals surface area contributed by atoms with Crippen molar-refractivity contribution in [2.75, 3.05) is 23.9 Å². The minimum atomic E-state index is -0.819. The zero-order chi connectivity index (χ0) is 10.6. The third-order valence-electron chi connectivity index (χ3n) is 1.64. The molecule has 5 heteroatoms. The van der Waals surface area contributed by atoms with Gasteiger partial charge in [0.2, 0.25) is 0 Å². The van der Waals surface area contributed by atoms with Gasteiger partial charge in [-0.25, -0.2) is 4.39 Å². The Hall–Kier alpha value is -0.610. The molecule has 1 atom stereocenters. The van der Waals surface area contributed by atoms with Crippen molar-refractivity contribution in [3.63, 3.8) is 0 Å². The summed E-state index contributed by atoms with van der Waals surface area (Å²) in [5.74, 6) is 0.130. The first-order valence-corrected chi connectivity index (χ1v) is 6.19. The Morgan fingerprint density at radius 2 is 2.29 bits per heavy atom. The number of rotatable bonds is 4. The highest BCUT2D eigenvalue weighted by Crippen LogP contribution is 2.18. The fourth-order valence-corrected chi connectivity index (χ4v) is 1.52. The first-order valence-electron chi connectivity index (χ1n) is 4.08. The minimum Gasteiger partial charge on any atom is -0.384 e. The van der Waals surface area contributed by atoms with Gasteiger partial charge in [0.15, 0.2) is 0 Å². The molecule has 0 aliphatic rings. The van der Waals surface area contributed by atoms with Crippen LogP contribution in [0.25, 0.3) is 0 Å². The van der Waals surface area contributed by atoms with Crippen molar-refractivity contribution in [2.24, 2.45) is 0 Å². The van der Waals surface area contributed by atoms with E-state index >= 15 is 0 Å². The predicted octanol–water partition coefficient (Wildman–Crippen LogP) is 2.27. The standard InChI is InChI=1S/C9H11ClFNOS/c1-14(13)5-4-12-7-2-3-9(11)8(10)6-7/h2-3,6,12H,4-5H2,1H3. The van der Waals surface area contributed by atoms with Crippen LogP contribution in [0.15, 0.2) is 18.2 Å². The van der Waals surface area contributed by atoms with Gasteiger partial charge in [0.1, 0.15) is 5.82 Å². The average molecular weight is 236 g/mol. The van der Waals surface area contributed by atoms with Gasteiger partial charge < -0.3 is 5.32 Å². The second kappa shape index (κ2) is 5.32. The van der Waals surface area contributed by atoms with Gasteiger partial charge >= 0.3 is 0 Å². The molecule has 1 unspecified atom stereocenters. The van der Waals surface area contributed by atoms with Crippen molar-refractivity contribution in [3.8, 4) is 0 Å². The Kier molecular flexibility index (Phi) is 4.35. The molecule has 14 heavy (non-hydrogen) atoms. The van der Waals surface area contributed by atoms with Crippen molar-refractivity contribution in [1.29, 1.82) is 0 Å². The fourth-order valence-electron chi connectivity index (χ4n) is 0.945. The van der Waals surface area contributed by atoms with Crippen LogP contribution in [-0.2, 0) is 10.8 Å². The Morgan fingerprint density at radius 1 is 1.57 bits per heavy atom. The molecule has 1 rings (SSSR count). The van der Waals surface area contributed by atoms with Crippen LogP contribution in [0.2, 0.25) is 5.02 Å². The maximum atomic E-state index is 12.7. The molecule has 0 spiro atoms. The van der Waals surface area contributed by atoms with Gasteiger partial charge in [-0.15, -0.1) is 0 Å². The molecule has 1 aromatic carbocycles. The van der Waals surface area contributed by atoms with E-state index in [1.165, 1.54) is 12.1 Å². The van der Waals surface area contributed by atoms with E-state index in [-0.39, 0.29) is 5.02 Å². The number of halogens is 2. The van der Waals surface area contributed by atoms with Crippen LogP contribution in [0.4, 0.5) is 10.1 Å². The van der Waals surface area contributed by atoms with E-state index < -0.39 is 16.6 Å². The highest BCUT2D eigenvalue weighted by atomic mass is 35.5. The van der Waals surface area contributed by atoms with E-state index in [0.717, 1.165) is 5.69 Å². The van der Waals surface area contributed by atoms with Crippen molar-refractivity contribution in [2.45, 2.75) is 0 Å². The zero-order valence-electron chi connectivity index (χ0n) is 7.72. The van der Waals surface area contributed by atoms with Gasteiger partial charge in [-0.3, -0.25) is 4.21 Å². The smallest absolute Gasteiger partial charge is 0.141 e. The van der Waals surface area contributed by atoms with E-state index in [1.807, 2.05) is 0 Å². The fraction of sp³-hybridized carbons (Fsp3) is 0.333. The largest absolute Gasteiger partial charge is 0.384 e. The molecular formula is C9H11ClFNOS. The Balaban J connectivity index is 2.51. The molecule has 0 aliphatic carbocycles. The van der Waals surface area contributed by atoms with Crippen molar-refractivity contribution < 1.29 is 8.60 Å². The summed E-state index contributed by atoms with van der Waals surface area (Å²) in [7, 11) is -0.819. The van der Waals surface area contributed by atoms with Gasteiger partial charge in [-0.05, 0) is 18.2 Å². The summed E-state index contributed by atoms with van der Waals surface area (Å²) in [5, 5.41) is 3.09. The van der Waals surface area contributed by atoms with E-state index in [0.29, 0.717) is 12.3 Å². The van der Waals surface area contributed by atoms with Crippen LogP contribution < -0.4 is 5.32 Å². The summed E-state index contributed by atoms with van der Waals surface area (Å²) in [6.07, 6.45) is 1.64. The van der Waals surface area contributed by atoms with E-state index in [4.69, 9.17) is 11.6 Å². The SMILES string of the molecule is CS(=O)CCNc1ccc(F)c(Cl)c1. The molecule has 0 aliphatic heterocycles. The van der Waals surface area contributed by atoms with Gasteiger partial charge in [-0.2, -0.15) is 0 Å². The maximum Gasteiger partial charge on any atom is 0.141 e. The summed E-state index contributed by atoms with van der Waals surface area (Å²) >= 11 is 5.58. The number of hydrogen-bond acceptors (Lipinski definition) is 2. The molecule has 0 radical (unpaired) electrons. The molecule has 0 aromatic heterocycles. The lowest BCUT2D eigenvalue weighted by Gasteiger charge is -2.05. The summed E-state index contributed by atoms with van der Waals surface area (Å²) in [6.45, 7) is 0.588. The molecule has 0 amide bonds. The second-order valence-corrected chi connectivity index (χ2v) is 4.79. The van der Waals surface area contributed by atoms with Crippen molar-refractivity contribution in [1.82, 2.24) is 0 Å². The number of benzene rings is 1. The van der Waals surface area contributed by atoms with Gasteiger partial charge in [0.05, 0.1) is 5.02 Å². The number of anilines is 1. The number of hydrogen-bond donors (Lipinski definition) is 1. The van der Waals surface area contributed by atoms with Gasteiger partial charge in [0.25, 0.3) is 0 Å². The molecule has 0 saturated heterocycles. The first kappa shape index (κ1) is 11.5. The second-order valence-electron chi connectivity index (χ2n) is 2.83. The summed E-state index contributed by atoms with van der Waals surface area (Å²) < 4.78 is 23.5. The number of nitrogens with one attached hydrogen (secondary N) is 1. The lowest BCUT2D eigenvalue weighted by Crippen LogP contribution is -2.09. The third-order valence-corrected chi connectivity index (χ3v) is 2.71. The molecule has 1 N–H and O–H groups in total. The normalized spacial score (nSPS) is 12.5. The van der Waals surface area contributed by atoms with Crippen LogP contribution in [0.3, 0.4) is 0 Å². The van der Waals surface area contributed by atoms with E-state index in [9.17, 15) is 8.60 Å². The van der Waals surface area contributed by atoms with Crippen LogP contribution in [0, 0.1) is 5.82 Å². The topological polar surface area (TPSA) is 29.1 Å². The Labute approximate surface area is 89.9 Å². The van der Waals surface area contributed by atoms with Gasteiger partial charge in [0, 0.05) is 35.0 Å². The van der Waals surface area contributed by atoms with Gasteiger partial charge in [-0.1, -0.05) is 11.6 Å². The molecular weight excluding hydrogens is 225 g/mol. The molecule has 2 nitrogen and oxygen atoms in total. The van der Waals surface area contributed by atoms with Crippen LogP contribution in [-0.4, -0.2) is 22.8 Å². The monoisotopic (exact) mass is 235 g/mol. The summed E-state index contributed by atoms with van der Waals surface area (Å²) in [5.41, 5.74) is 0.738. The Morgan fingerprint density at radius 3 is 2.86 bits per heavy atom. The molecule has 1 aromatic rings. The molecule has 78 valence electrons. The predicted molar refractivity (Wildman–Crippen MR) is 58.8 cm³/mol. The molecule has 0 fully saturated rings.